The second kappa shape index (κ2) is 14.9. The number of methoxy groups -OCH3 is 1. The first-order valence-electron chi connectivity index (χ1n) is 15.4. The standard InChI is InChI=1S/C18H27NO5Si.C16H26O3Si/c1-18(2,3)25(5,6)24-13-9-7-8-12(10-13)11-14-15(16(20)22-4)23-17(21)19-14;1-12(15(17)18)10-13-8-7-9-14(11-13)19-20(5,6)16(2,3)4/h7-10,14-15H,11H2,1-6H3,(H,19,21);7-9,11-12H,10H2,1-6H3,(H,17,18)/t14-,15-;12-/m00/s1. The molecule has 45 heavy (non-hydrogen) atoms. The van der Waals surface area contributed by atoms with Crippen LogP contribution in [0.2, 0.25) is 36.3 Å². The van der Waals surface area contributed by atoms with E-state index in [0.29, 0.717) is 12.8 Å². The van der Waals surface area contributed by atoms with E-state index in [1.54, 1.807) is 6.92 Å². The molecule has 2 N–H and O–H groups in total. The van der Waals surface area contributed by atoms with Gasteiger partial charge in [0.1, 0.15) is 11.5 Å². The minimum Gasteiger partial charge on any atom is -0.543 e. The van der Waals surface area contributed by atoms with Gasteiger partial charge in [-0.3, -0.25) is 4.79 Å². The van der Waals surface area contributed by atoms with Crippen molar-refractivity contribution in [1.82, 2.24) is 5.32 Å². The summed E-state index contributed by atoms with van der Waals surface area (Å²) >= 11 is 0. The van der Waals surface area contributed by atoms with Crippen molar-refractivity contribution in [3.8, 4) is 11.5 Å². The van der Waals surface area contributed by atoms with Gasteiger partial charge in [-0.25, -0.2) is 9.59 Å². The maximum absolute atomic E-state index is 11.8. The third-order valence-electron chi connectivity index (χ3n) is 8.91. The minimum absolute atomic E-state index is 0.103. The number of hydrogen-bond donors (Lipinski definition) is 2. The van der Waals surface area contributed by atoms with Crippen LogP contribution in [0.25, 0.3) is 0 Å². The second-order valence-corrected chi connectivity index (χ2v) is 24.2. The highest BCUT2D eigenvalue weighted by Crippen LogP contribution is 2.38. The number of benzene rings is 2. The second-order valence-electron chi connectivity index (χ2n) is 14.8. The molecule has 0 aromatic heterocycles. The lowest BCUT2D eigenvalue weighted by atomic mass is 10.0. The topological polar surface area (TPSA) is 120 Å². The summed E-state index contributed by atoms with van der Waals surface area (Å²) in [7, 11) is -2.50. The van der Waals surface area contributed by atoms with Crippen molar-refractivity contribution in [1.29, 1.82) is 0 Å². The molecule has 0 bridgehead atoms. The Morgan fingerprint density at radius 2 is 1.36 bits per heavy atom. The Kier molecular flexibility index (Phi) is 12.5. The third-order valence-corrected chi connectivity index (χ3v) is 17.6. The predicted molar refractivity (Wildman–Crippen MR) is 182 cm³/mol. The van der Waals surface area contributed by atoms with Crippen molar-refractivity contribution in [2.24, 2.45) is 5.92 Å². The van der Waals surface area contributed by atoms with Gasteiger partial charge in [-0.1, -0.05) is 72.7 Å². The molecule has 1 heterocycles. The van der Waals surface area contributed by atoms with Crippen LogP contribution >= 0.6 is 0 Å². The number of aliphatic carboxylic acids is 1. The monoisotopic (exact) mass is 659 g/mol. The molecule has 0 aliphatic carbocycles. The maximum Gasteiger partial charge on any atom is 0.408 e. The molecule has 3 rings (SSSR count). The summed E-state index contributed by atoms with van der Waals surface area (Å²) in [6, 6.07) is 15.1. The molecule has 0 radical (unpaired) electrons. The number of carboxylic acid groups (broad SMARTS) is 1. The number of carbonyl (C=O) groups excluding carboxylic acids is 2. The van der Waals surface area contributed by atoms with Crippen LogP contribution in [-0.2, 0) is 31.9 Å². The molecule has 1 aliphatic heterocycles. The molecule has 11 heteroatoms. The van der Waals surface area contributed by atoms with Gasteiger partial charge in [0, 0.05) is 0 Å². The minimum atomic E-state index is -1.93. The van der Waals surface area contributed by atoms with Gasteiger partial charge in [0.25, 0.3) is 0 Å². The summed E-state index contributed by atoms with van der Waals surface area (Å²) in [6.07, 6.45) is -0.541. The molecule has 9 nitrogen and oxygen atoms in total. The Hall–Kier alpha value is -3.32. The number of nitrogens with one attached hydrogen (secondary N) is 1. The molecule has 250 valence electrons. The number of ether oxygens (including phenoxy) is 2. The lowest BCUT2D eigenvalue weighted by molar-refractivity contribution is -0.149. The number of cyclic esters (lactones) is 1. The van der Waals surface area contributed by atoms with E-state index in [1.807, 2.05) is 48.5 Å². The fourth-order valence-electron chi connectivity index (χ4n) is 4.01. The molecule has 3 atom stereocenters. The molecule has 2 aromatic rings. The Labute approximate surface area is 271 Å². The Morgan fingerprint density at radius 1 is 0.889 bits per heavy atom. The van der Waals surface area contributed by atoms with Crippen LogP contribution in [-0.4, -0.2) is 59.0 Å². The SMILES string of the molecule is COC(=O)[C@H]1OC(=O)N[C@H]1Cc1cccc(O[Si](C)(C)C(C)(C)C)c1.C[C@@H](Cc1cccc(O[Si](C)(C)C(C)(C)C)c1)C(=O)O. The zero-order valence-electron chi connectivity index (χ0n) is 29.1. The van der Waals surface area contributed by atoms with Gasteiger partial charge in [0.15, 0.2) is 0 Å². The van der Waals surface area contributed by atoms with E-state index >= 15 is 0 Å². The average Bonchev–Trinajstić information content (AvgIpc) is 3.26. The van der Waals surface area contributed by atoms with Crippen LogP contribution < -0.4 is 14.2 Å². The molecule has 0 saturated carbocycles. The van der Waals surface area contributed by atoms with Crippen LogP contribution in [0.1, 0.15) is 59.6 Å². The molecule has 2 aromatic carbocycles. The van der Waals surface area contributed by atoms with E-state index in [0.717, 1.165) is 22.6 Å². The summed E-state index contributed by atoms with van der Waals surface area (Å²) in [5, 5.41) is 11.9. The van der Waals surface area contributed by atoms with Gasteiger partial charge < -0.3 is 28.7 Å². The third kappa shape index (κ3) is 10.9. The number of hydrogen-bond acceptors (Lipinski definition) is 7. The van der Waals surface area contributed by atoms with Crippen molar-refractivity contribution in [2.45, 2.75) is 110 Å². The molecule has 1 fully saturated rings. The highest BCUT2D eigenvalue weighted by molar-refractivity contribution is 6.75. The van der Waals surface area contributed by atoms with E-state index in [9.17, 15) is 14.4 Å². The quantitative estimate of drug-likeness (QED) is 0.198. The zero-order chi connectivity index (χ0) is 34.4. The van der Waals surface area contributed by atoms with E-state index < -0.39 is 46.8 Å². The predicted octanol–water partition coefficient (Wildman–Crippen LogP) is 7.60. The number of carboxylic acids is 1. The van der Waals surface area contributed by atoms with Gasteiger partial charge in [-0.05, 0) is 84.5 Å². The number of carbonyl (C=O) groups is 3. The highest BCUT2D eigenvalue weighted by Gasteiger charge is 2.41. The Morgan fingerprint density at radius 3 is 1.80 bits per heavy atom. The summed E-state index contributed by atoms with van der Waals surface area (Å²) in [4.78, 5) is 34.2. The fourth-order valence-corrected chi connectivity index (χ4v) is 6.05. The number of esters is 1. The summed E-state index contributed by atoms with van der Waals surface area (Å²) in [5.41, 5.74) is 1.97. The van der Waals surface area contributed by atoms with E-state index in [4.69, 9.17) is 23.4 Å². The zero-order valence-corrected chi connectivity index (χ0v) is 31.1. The van der Waals surface area contributed by atoms with Crippen LogP contribution in [0, 0.1) is 5.92 Å². The van der Waals surface area contributed by atoms with Crippen molar-refractivity contribution in [3.63, 3.8) is 0 Å². The van der Waals surface area contributed by atoms with Crippen LogP contribution in [0.3, 0.4) is 0 Å². The van der Waals surface area contributed by atoms with Crippen molar-refractivity contribution < 1.29 is 37.8 Å². The number of alkyl carbamates (subject to hydrolysis) is 1. The van der Waals surface area contributed by atoms with Gasteiger partial charge in [-0.2, -0.15) is 0 Å². The Balaban J connectivity index is 0.000000322. The molecule has 1 aliphatic rings. The summed E-state index contributed by atoms with van der Waals surface area (Å²) < 4.78 is 22.3. The van der Waals surface area contributed by atoms with Gasteiger partial charge >= 0.3 is 18.0 Å². The lowest BCUT2D eigenvalue weighted by Gasteiger charge is -2.36. The summed E-state index contributed by atoms with van der Waals surface area (Å²) in [6.45, 7) is 23.7. The first kappa shape index (κ1) is 37.9. The lowest BCUT2D eigenvalue weighted by Crippen LogP contribution is -2.43. The first-order valence-corrected chi connectivity index (χ1v) is 21.2. The average molecular weight is 660 g/mol. The largest absolute Gasteiger partial charge is 0.543 e. The van der Waals surface area contributed by atoms with E-state index in [1.165, 1.54) is 7.11 Å². The summed E-state index contributed by atoms with van der Waals surface area (Å²) in [5.74, 6) is -0.0356. The number of amides is 1. The van der Waals surface area contributed by atoms with Crippen molar-refractivity contribution in [3.05, 3.63) is 59.7 Å². The molecule has 0 unspecified atom stereocenters. The number of rotatable bonds is 10. The van der Waals surface area contributed by atoms with Crippen LogP contribution in [0.5, 0.6) is 11.5 Å². The van der Waals surface area contributed by atoms with Gasteiger partial charge in [0.05, 0.1) is 19.1 Å². The van der Waals surface area contributed by atoms with Crippen LogP contribution in [0.4, 0.5) is 4.79 Å². The normalized spacial score (nSPS) is 17.6. The fraction of sp³-hybridized carbons (Fsp3) is 0.559. The Bertz CT molecular complexity index is 1330. The van der Waals surface area contributed by atoms with Gasteiger partial charge in [0.2, 0.25) is 22.7 Å². The van der Waals surface area contributed by atoms with Crippen molar-refractivity contribution in [2.75, 3.05) is 7.11 Å². The molecule has 0 spiro atoms. The van der Waals surface area contributed by atoms with E-state index in [2.05, 4.69) is 73.0 Å². The van der Waals surface area contributed by atoms with E-state index in [-0.39, 0.29) is 16.0 Å². The van der Waals surface area contributed by atoms with Crippen LogP contribution in [0.15, 0.2) is 48.5 Å². The van der Waals surface area contributed by atoms with Gasteiger partial charge in [-0.15, -0.1) is 0 Å². The molecular weight excluding hydrogens is 607 g/mol. The first-order chi connectivity index (χ1) is 20.6. The molecule has 1 amide bonds. The van der Waals surface area contributed by atoms with Crippen molar-refractivity contribution >= 4 is 34.7 Å². The highest BCUT2D eigenvalue weighted by atomic mass is 28.4. The maximum atomic E-state index is 11.8. The molecule has 1 saturated heterocycles. The smallest absolute Gasteiger partial charge is 0.408 e. The molecular formula is C34H53NO8Si2.